The molecule has 0 radical (unpaired) electrons. The quantitative estimate of drug-likeness (QED) is 0.0908. The summed E-state index contributed by atoms with van der Waals surface area (Å²) >= 11 is 0. The van der Waals surface area contributed by atoms with Crippen LogP contribution in [0.2, 0.25) is 0 Å². The lowest BCUT2D eigenvalue weighted by molar-refractivity contribution is -0.181. The van der Waals surface area contributed by atoms with Crippen LogP contribution in [0.15, 0.2) is 77.7 Å². The molecule has 0 unspecified atom stereocenters. The number of carboxylic acid groups (broad SMARTS) is 1. The maximum absolute atomic E-state index is 14.0. The lowest BCUT2D eigenvalue weighted by atomic mass is 9.76. The first kappa shape index (κ1) is 45.2. The Labute approximate surface area is 364 Å². The summed E-state index contributed by atoms with van der Waals surface area (Å²) in [4.78, 5) is 26.4. The maximum Gasteiger partial charge on any atom is 0.354 e. The molecule has 334 valence electrons. The van der Waals surface area contributed by atoms with E-state index in [1.807, 2.05) is 69.3 Å². The zero-order valence-corrected chi connectivity index (χ0v) is 37.3. The van der Waals surface area contributed by atoms with Crippen molar-refractivity contribution in [3.05, 3.63) is 101 Å². The first-order valence-corrected chi connectivity index (χ1v) is 22.9. The molecule has 5 atom stereocenters. The van der Waals surface area contributed by atoms with Gasteiger partial charge in [0.05, 0.1) is 55.0 Å². The summed E-state index contributed by atoms with van der Waals surface area (Å²) in [6.45, 7) is 11.0. The zero-order valence-electron chi connectivity index (χ0n) is 36.5. The lowest BCUT2D eigenvalue weighted by Crippen LogP contribution is -2.43. The highest BCUT2D eigenvalue weighted by molar-refractivity contribution is 7.89. The van der Waals surface area contributed by atoms with Crippen LogP contribution in [0.5, 0.6) is 5.75 Å². The van der Waals surface area contributed by atoms with Gasteiger partial charge in [-0.15, -0.1) is 0 Å². The number of methoxy groups -OCH3 is 1. The van der Waals surface area contributed by atoms with E-state index in [0.717, 1.165) is 40.9 Å². The number of fused-ring (bicyclic) bond motifs is 2. The molecule has 62 heavy (non-hydrogen) atoms. The highest BCUT2D eigenvalue weighted by Gasteiger charge is 2.53. The lowest BCUT2D eigenvalue weighted by Gasteiger charge is -2.30. The van der Waals surface area contributed by atoms with Crippen LogP contribution < -0.4 is 10.1 Å². The molecule has 2 fully saturated rings. The van der Waals surface area contributed by atoms with E-state index in [1.54, 1.807) is 16.8 Å². The number of para-hydroxylation sites is 1. The molecular formula is C47H60N4O10S. The largest absolute Gasteiger partial charge is 0.497 e. The number of aromatic nitrogens is 2. The second-order valence-electron chi connectivity index (χ2n) is 18.2. The molecule has 2 aliphatic heterocycles. The van der Waals surface area contributed by atoms with E-state index < -0.39 is 45.9 Å². The number of esters is 1. The molecule has 2 saturated heterocycles. The number of aromatic carboxylic acids is 1. The monoisotopic (exact) mass is 872 g/mol. The molecule has 1 aliphatic carbocycles. The number of hydrogen-bond donors (Lipinski definition) is 3. The standard InChI is InChI=1S/C47H60N4O10S/c1-30(2)27-50(62(56,57)36-17-15-35(58-6)16-18-36)28-41(52)33(24-43(53)61-42-29-60-47(5)38(42)20-22-59-47)23-31-11-13-34(14-12-31)48-26-32-9-7-8-10-40(32)51-44(45(54)55)37-25-46(3,4)21-19-39(37)49-51/h7-18,30,33,38,41-42,48,52H,19-29H2,1-6H3,(H,54,55)/t33-,38+,41-,42+,47-/m1/s1. The maximum atomic E-state index is 14.0. The fourth-order valence-corrected chi connectivity index (χ4v) is 10.7. The predicted molar refractivity (Wildman–Crippen MR) is 233 cm³/mol. The van der Waals surface area contributed by atoms with Gasteiger partial charge in [-0.2, -0.15) is 9.40 Å². The molecule has 3 N–H and O–H groups in total. The van der Waals surface area contributed by atoms with Crippen molar-refractivity contribution in [2.75, 3.05) is 38.7 Å². The van der Waals surface area contributed by atoms with Crippen molar-refractivity contribution in [2.45, 2.75) is 103 Å². The number of carboxylic acids is 1. The van der Waals surface area contributed by atoms with Gasteiger partial charge < -0.3 is 34.5 Å². The van der Waals surface area contributed by atoms with Crippen molar-refractivity contribution in [2.24, 2.45) is 23.2 Å². The first-order valence-electron chi connectivity index (χ1n) is 21.5. The van der Waals surface area contributed by atoms with Gasteiger partial charge in [0, 0.05) is 36.8 Å². The van der Waals surface area contributed by atoms with Crippen LogP contribution in [-0.2, 0) is 54.8 Å². The van der Waals surface area contributed by atoms with Crippen LogP contribution in [0.25, 0.3) is 5.69 Å². The zero-order chi connectivity index (χ0) is 44.4. The van der Waals surface area contributed by atoms with Gasteiger partial charge in [0.2, 0.25) is 10.0 Å². The van der Waals surface area contributed by atoms with E-state index >= 15 is 0 Å². The number of aliphatic hydroxyl groups excluding tert-OH is 1. The Kier molecular flexibility index (Phi) is 13.5. The molecule has 1 aromatic heterocycles. The van der Waals surface area contributed by atoms with Crippen molar-refractivity contribution in [1.82, 2.24) is 14.1 Å². The van der Waals surface area contributed by atoms with Gasteiger partial charge in [-0.1, -0.05) is 58.0 Å². The van der Waals surface area contributed by atoms with E-state index in [1.165, 1.54) is 23.5 Å². The molecule has 4 aromatic rings. The number of rotatable bonds is 18. The number of aryl methyl sites for hydroxylation is 1. The van der Waals surface area contributed by atoms with E-state index in [4.69, 9.17) is 24.0 Å². The second kappa shape index (κ2) is 18.5. The second-order valence-corrected chi connectivity index (χ2v) is 20.2. The Morgan fingerprint density at radius 2 is 1.74 bits per heavy atom. The van der Waals surface area contributed by atoms with E-state index in [-0.39, 0.29) is 60.4 Å². The van der Waals surface area contributed by atoms with Gasteiger partial charge in [-0.3, -0.25) is 4.79 Å². The number of carbonyl (C=O) groups excluding carboxylic acids is 1. The Morgan fingerprint density at radius 3 is 2.44 bits per heavy atom. The summed E-state index contributed by atoms with van der Waals surface area (Å²) < 4.78 is 53.8. The number of carbonyl (C=O) groups is 2. The summed E-state index contributed by atoms with van der Waals surface area (Å²) in [6, 6.07) is 21.4. The number of benzene rings is 3. The summed E-state index contributed by atoms with van der Waals surface area (Å²) in [7, 11) is -2.52. The minimum absolute atomic E-state index is 0.00906. The number of nitrogens with zero attached hydrogens (tertiary/aromatic N) is 3. The van der Waals surface area contributed by atoms with Gasteiger partial charge >= 0.3 is 11.9 Å². The molecule has 7 rings (SSSR count). The van der Waals surface area contributed by atoms with Crippen LogP contribution in [0.3, 0.4) is 0 Å². The summed E-state index contributed by atoms with van der Waals surface area (Å²) in [5.74, 6) is -2.63. The molecule has 3 heterocycles. The Morgan fingerprint density at radius 1 is 1.02 bits per heavy atom. The number of anilines is 1. The molecular weight excluding hydrogens is 813 g/mol. The first-order chi connectivity index (χ1) is 29.5. The van der Waals surface area contributed by atoms with Crippen LogP contribution in [0.1, 0.15) is 86.8 Å². The Hall–Kier alpha value is -4.80. The highest BCUT2D eigenvalue weighted by atomic mass is 32.2. The molecule has 3 aromatic carbocycles. The normalized spacial score (nSPS) is 21.6. The van der Waals surface area contributed by atoms with Crippen LogP contribution in [0, 0.1) is 23.2 Å². The van der Waals surface area contributed by atoms with Crippen molar-refractivity contribution in [3.63, 3.8) is 0 Å². The third kappa shape index (κ3) is 10.0. The van der Waals surface area contributed by atoms with Gasteiger partial charge in [0.25, 0.3) is 0 Å². The molecule has 0 spiro atoms. The van der Waals surface area contributed by atoms with Crippen LogP contribution in [-0.4, -0.2) is 96.1 Å². The minimum Gasteiger partial charge on any atom is -0.497 e. The van der Waals surface area contributed by atoms with Gasteiger partial charge in [0.1, 0.15) is 11.9 Å². The fraction of sp³-hybridized carbons (Fsp3) is 0.511. The van der Waals surface area contributed by atoms with E-state index in [9.17, 15) is 28.2 Å². The number of ether oxygens (including phenoxy) is 4. The fourth-order valence-electron chi connectivity index (χ4n) is 9.04. The molecule has 0 saturated carbocycles. The van der Waals surface area contributed by atoms with E-state index in [2.05, 4.69) is 19.2 Å². The topological polar surface area (TPSA) is 179 Å². The average molecular weight is 873 g/mol. The van der Waals surface area contributed by atoms with Crippen molar-refractivity contribution < 1.29 is 47.2 Å². The number of aliphatic hydroxyl groups is 1. The molecule has 0 amide bonds. The van der Waals surface area contributed by atoms with Crippen LogP contribution >= 0.6 is 0 Å². The minimum atomic E-state index is -4.03. The molecule has 3 aliphatic rings. The van der Waals surface area contributed by atoms with Crippen molar-refractivity contribution in [3.8, 4) is 11.4 Å². The van der Waals surface area contributed by atoms with E-state index in [0.29, 0.717) is 37.4 Å². The third-order valence-electron chi connectivity index (χ3n) is 12.5. The van der Waals surface area contributed by atoms with Gasteiger partial charge in [-0.25, -0.2) is 17.9 Å². The Bertz CT molecular complexity index is 2330. The summed E-state index contributed by atoms with van der Waals surface area (Å²) in [5.41, 5.74) is 5.03. The SMILES string of the molecule is COc1ccc(S(=O)(=O)N(CC(C)C)C[C@@H](O)[C@@H](CC(=O)O[C@H]2CO[C@@]3(C)OCC[C@@H]23)Cc2ccc(NCc3ccccc3-n3nc4c(c3C(=O)O)CC(C)(C)CC4)cc2)cc1. The number of nitrogens with one attached hydrogen (secondary N) is 1. The highest BCUT2D eigenvalue weighted by Crippen LogP contribution is 2.42. The van der Waals surface area contributed by atoms with Gasteiger partial charge in [0.15, 0.2) is 11.5 Å². The van der Waals surface area contributed by atoms with Gasteiger partial charge in [-0.05, 0) is 104 Å². The van der Waals surface area contributed by atoms with Crippen LogP contribution in [0.4, 0.5) is 5.69 Å². The Balaban J connectivity index is 1.08. The van der Waals surface area contributed by atoms with Crippen molar-refractivity contribution in [1.29, 1.82) is 0 Å². The predicted octanol–water partition coefficient (Wildman–Crippen LogP) is 6.66. The molecule has 14 nitrogen and oxygen atoms in total. The molecule has 15 heteroatoms. The molecule has 0 bridgehead atoms. The smallest absolute Gasteiger partial charge is 0.354 e. The van der Waals surface area contributed by atoms with Crippen molar-refractivity contribution >= 4 is 27.6 Å². The summed E-state index contributed by atoms with van der Waals surface area (Å²) in [5, 5.41) is 30.5. The average Bonchev–Trinajstić information content (AvgIpc) is 3.90. The number of sulfonamides is 1. The summed E-state index contributed by atoms with van der Waals surface area (Å²) in [6.07, 6.45) is 1.42. The number of hydrogen-bond acceptors (Lipinski definition) is 11. The third-order valence-corrected chi connectivity index (χ3v) is 14.4.